The molecule has 1 heterocycles. The monoisotopic (exact) mass is 312 g/mol. The molecule has 2 rings (SSSR count). The van der Waals surface area contributed by atoms with Gasteiger partial charge in [0.1, 0.15) is 11.6 Å². The van der Waals surface area contributed by atoms with E-state index in [1.807, 2.05) is 0 Å². The number of carbonyl (C=O) groups excluding carboxylic acids is 1. The number of amides is 1. The van der Waals surface area contributed by atoms with Crippen LogP contribution < -0.4 is 5.32 Å². The van der Waals surface area contributed by atoms with Gasteiger partial charge in [-0.1, -0.05) is 12.1 Å². The Bertz CT molecular complexity index is 592. The molecule has 0 bridgehead atoms. The molecule has 7 heteroatoms. The number of hydrogen-bond donors (Lipinski definition) is 2. The number of carbonyl (C=O) groups is 1. The lowest BCUT2D eigenvalue weighted by Crippen LogP contribution is -2.43. The zero-order chi connectivity index (χ0) is 16.3. The van der Waals surface area contributed by atoms with Crippen molar-refractivity contribution in [3.63, 3.8) is 0 Å². The van der Waals surface area contributed by atoms with Crippen molar-refractivity contribution in [1.82, 2.24) is 5.32 Å². The Labute approximate surface area is 127 Å². The summed E-state index contributed by atoms with van der Waals surface area (Å²) in [5, 5.41) is 15.4. The summed E-state index contributed by atoms with van der Waals surface area (Å²) in [4.78, 5) is 17.1. The number of oxime groups is 1. The minimum atomic E-state index is -0.883. The highest BCUT2D eigenvalue weighted by molar-refractivity contribution is 6.04. The Morgan fingerprint density at radius 3 is 2.91 bits per heavy atom. The van der Waals surface area contributed by atoms with Crippen LogP contribution in [0.15, 0.2) is 23.4 Å². The molecule has 0 saturated carbocycles. The molecule has 3 atom stereocenters. The highest BCUT2D eigenvalue weighted by atomic mass is 19.1. The average Bonchev–Trinajstić information content (AvgIpc) is 2.98. The minimum absolute atomic E-state index is 0.00734. The fourth-order valence-corrected chi connectivity index (χ4v) is 2.01. The van der Waals surface area contributed by atoms with Crippen molar-refractivity contribution in [3.05, 3.63) is 35.4 Å². The summed E-state index contributed by atoms with van der Waals surface area (Å²) < 4.78 is 26.9. The third-order valence-corrected chi connectivity index (χ3v) is 3.71. The Kier molecular flexibility index (Phi) is 5.07. The number of aliphatic hydroxyl groups excluding tert-OH is 1. The number of halogens is 2. The molecule has 0 fully saturated rings. The van der Waals surface area contributed by atoms with Gasteiger partial charge in [0.15, 0.2) is 0 Å². The van der Waals surface area contributed by atoms with Crippen LogP contribution in [0.1, 0.15) is 25.8 Å². The lowest BCUT2D eigenvalue weighted by molar-refractivity contribution is -0.132. The van der Waals surface area contributed by atoms with Gasteiger partial charge in [0, 0.05) is 24.6 Å². The topological polar surface area (TPSA) is 70.9 Å². The average molecular weight is 312 g/mol. The molecule has 1 amide bonds. The number of nitrogens with one attached hydrogen (secondary N) is 1. The van der Waals surface area contributed by atoms with Gasteiger partial charge < -0.3 is 15.3 Å². The van der Waals surface area contributed by atoms with Crippen molar-refractivity contribution in [1.29, 1.82) is 0 Å². The fraction of sp³-hybridized carbons (Fsp3) is 0.467. The normalized spacial score (nSPS) is 20.0. The van der Waals surface area contributed by atoms with Gasteiger partial charge in [-0.2, -0.15) is 0 Å². The quantitative estimate of drug-likeness (QED) is 0.867. The molecule has 0 saturated heterocycles. The highest BCUT2D eigenvalue weighted by Gasteiger charge is 2.31. The molecule has 2 N–H and O–H groups in total. The summed E-state index contributed by atoms with van der Waals surface area (Å²) in [5.41, 5.74) is 0.187. The summed E-state index contributed by atoms with van der Waals surface area (Å²) in [6, 6.07) is 2.80. The Morgan fingerprint density at radius 2 is 2.23 bits per heavy atom. The molecule has 1 aliphatic heterocycles. The van der Waals surface area contributed by atoms with Crippen molar-refractivity contribution in [2.45, 2.75) is 32.4 Å². The van der Waals surface area contributed by atoms with E-state index in [1.165, 1.54) is 0 Å². The van der Waals surface area contributed by atoms with Gasteiger partial charge in [0.25, 0.3) is 5.91 Å². The summed E-state index contributed by atoms with van der Waals surface area (Å²) in [6.45, 7) is 3.51. The Morgan fingerprint density at radius 1 is 1.50 bits per heavy atom. The molecular formula is C15H18F2N2O3. The second-order valence-electron chi connectivity index (χ2n) is 5.42. The number of nitrogens with zero attached hydrogens (tertiary/aromatic N) is 1. The van der Waals surface area contributed by atoms with E-state index in [1.54, 1.807) is 13.8 Å². The molecule has 0 aliphatic carbocycles. The van der Waals surface area contributed by atoms with E-state index in [2.05, 4.69) is 10.5 Å². The van der Waals surface area contributed by atoms with E-state index in [0.29, 0.717) is 0 Å². The van der Waals surface area contributed by atoms with E-state index in [-0.39, 0.29) is 36.3 Å². The number of hydrogen-bond acceptors (Lipinski definition) is 4. The summed E-state index contributed by atoms with van der Waals surface area (Å²) in [5.74, 6) is -1.71. The van der Waals surface area contributed by atoms with Crippen LogP contribution in [0.3, 0.4) is 0 Å². The van der Waals surface area contributed by atoms with Crippen LogP contribution in [0, 0.1) is 17.6 Å². The first-order chi connectivity index (χ1) is 10.4. The molecule has 0 aromatic heterocycles. The maximum atomic E-state index is 13.7. The number of aliphatic hydroxyl groups is 1. The van der Waals surface area contributed by atoms with Crippen LogP contribution in [0.25, 0.3) is 0 Å². The van der Waals surface area contributed by atoms with Crippen LogP contribution >= 0.6 is 0 Å². The second kappa shape index (κ2) is 6.83. The Hall–Kier alpha value is -2.02. The standard InChI is InChI=1S/C15H18F2N2O3/c1-8(7-20)9(2)18-15(21)14-6-13(19-22-14)11-5-10(16)3-4-12(11)17/h3-5,8-9,14,20H,6-7H2,1-2H3,(H,18,21). The van der Waals surface area contributed by atoms with Gasteiger partial charge in [-0.3, -0.25) is 4.79 Å². The summed E-state index contributed by atoms with van der Waals surface area (Å²) in [6.07, 6.45) is -0.821. The Balaban J connectivity index is 2.00. The van der Waals surface area contributed by atoms with E-state index in [4.69, 9.17) is 9.94 Å². The zero-order valence-corrected chi connectivity index (χ0v) is 12.3. The molecule has 1 aromatic rings. The van der Waals surface area contributed by atoms with Gasteiger partial charge in [0.2, 0.25) is 6.10 Å². The molecule has 5 nitrogen and oxygen atoms in total. The molecule has 3 unspecified atom stereocenters. The third-order valence-electron chi connectivity index (χ3n) is 3.71. The van der Waals surface area contributed by atoms with Gasteiger partial charge in [-0.15, -0.1) is 0 Å². The van der Waals surface area contributed by atoms with Crippen LogP contribution in [-0.2, 0) is 9.63 Å². The maximum absolute atomic E-state index is 13.7. The van der Waals surface area contributed by atoms with Crippen LogP contribution in [0.4, 0.5) is 8.78 Å². The lowest BCUT2D eigenvalue weighted by Gasteiger charge is -2.20. The van der Waals surface area contributed by atoms with Gasteiger partial charge >= 0.3 is 0 Å². The molecule has 0 spiro atoms. The molecule has 22 heavy (non-hydrogen) atoms. The van der Waals surface area contributed by atoms with Crippen molar-refractivity contribution in [3.8, 4) is 0 Å². The molecule has 0 radical (unpaired) electrons. The van der Waals surface area contributed by atoms with Crippen LogP contribution in [0.5, 0.6) is 0 Å². The second-order valence-corrected chi connectivity index (χ2v) is 5.42. The summed E-state index contributed by atoms with van der Waals surface area (Å²) in [7, 11) is 0. The SMILES string of the molecule is CC(CO)C(C)NC(=O)C1CC(c2cc(F)ccc2F)=NO1. The molecule has 120 valence electrons. The zero-order valence-electron chi connectivity index (χ0n) is 12.3. The maximum Gasteiger partial charge on any atom is 0.264 e. The van der Waals surface area contributed by atoms with Crippen molar-refractivity contribution >= 4 is 11.6 Å². The number of rotatable bonds is 5. The third kappa shape index (κ3) is 3.59. The van der Waals surface area contributed by atoms with Crippen LogP contribution in [0.2, 0.25) is 0 Å². The highest BCUT2D eigenvalue weighted by Crippen LogP contribution is 2.20. The van der Waals surface area contributed by atoms with E-state index < -0.39 is 23.6 Å². The molecular weight excluding hydrogens is 294 g/mol. The van der Waals surface area contributed by atoms with Crippen LogP contribution in [-0.4, -0.2) is 35.5 Å². The predicted molar refractivity (Wildman–Crippen MR) is 76.2 cm³/mol. The first kappa shape index (κ1) is 16.4. The smallest absolute Gasteiger partial charge is 0.264 e. The van der Waals surface area contributed by atoms with E-state index >= 15 is 0 Å². The van der Waals surface area contributed by atoms with E-state index in [9.17, 15) is 13.6 Å². The van der Waals surface area contributed by atoms with Crippen molar-refractivity contribution in [2.24, 2.45) is 11.1 Å². The largest absolute Gasteiger partial charge is 0.396 e. The fourth-order valence-electron chi connectivity index (χ4n) is 2.01. The predicted octanol–water partition coefficient (Wildman–Crippen LogP) is 1.59. The minimum Gasteiger partial charge on any atom is -0.396 e. The molecule has 1 aromatic carbocycles. The van der Waals surface area contributed by atoms with Gasteiger partial charge in [0.05, 0.1) is 5.71 Å². The molecule has 1 aliphatic rings. The first-order valence-electron chi connectivity index (χ1n) is 7.01. The summed E-state index contributed by atoms with van der Waals surface area (Å²) >= 11 is 0. The lowest BCUT2D eigenvalue weighted by atomic mass is 10.0. The van der Waals surface area contributed by atoms with E-state index in [0.717, 1.165) is 18.2 Å². The van der Waals surface area contributed by atoms with Gasteiger partial charge in [-0.25, -0.2) is 8.78 Å². The first-order valence-corrected chi connectivity index (χ1v) is 7.01. The number of benzene rings is 1. The van der Waals surface area contributed by atoms with Crippen molar-refractivity contribution < 1.29 is 23.5 Å². The van der Waals surface area contributed by atoms with Gasteiger partial charge in [-0.05, 0) is 31.0 Å². The van der Waals surface area contributed by atoms with Crippen molar-refractivity contribution in [2.75, 3.05) is 6.61 Å².